The monoisotopic (exact) mass is 268 g/mol. The van der Waals surface area contributed by atoms with Crippen LogP contribution in [-0.2, 0) is 4.74 Å². The number of carbonyl (C=O) groups is 1. The van der Waals surface area contributed by atoms with Crippen LogP contribution < -0.4 is 0 Å². The van der Waals surface area contributed by atoms with Crippen LogP contribution in [0.2, 0.25) is 0 Å². The molecule has 1 N–H and O–H groups in total. The summed E-state index contributed by atoms with van der Waals surface area (Å²) in [6.45, 7) is 2.19. The van der Waals surface area contributed by atoms with Gasteiger partial charge in [-0.1, -0.05) is 18.8 Å². The van der Waals surface area contributed by atoms with Crippen molar-refractivity contribution in [2.45, 2.75) is 13.3 Å². The minimum Gasteiger partial charge on any atom is -0.465 e. The smallest absolute Gasteiger partial charge is 0.337 e. The van der Waals surface area contributed by atoms with Gasteiger partial charge in [-0.3, -0.25) is 0 Å². The van der Waals surface area contributed by atoms with E-state index < -0.39 is 0 Å². The summed E-state index contributed by atoms with van der Waals surface area (Å²) in [5, 5.41) is 9.12. The number of carbonyl (C=O) groups excluding carboxylic acids is 1. The molecule has 0 aromatic heterocycles. The summed E-state index contributed by atoms with van der Waals surface area (Å²) in [4.78, 5) is 11.3. The Morgan fingerprint density at radius 2 is 2.10 bits per heavy atom. The molecule has 3 heteroatoms. The fourth-order valence-corrected chi connectivity index (χ4v) is 1.84. The van der Waals surface area contributed by atoms with Crippen molar-refractivity contribution < 1.29 is 14.6 Å². The van der Waals surface area contributed by atoms with E-state index >= 15 is 0 Å². The summed E-state index contributed by atoms with van der Waals surface area (Å²) in [5.41, 5.74) is 1.27. The lowest BCUT2D eigenvalue weighted by atomic mass is 10.1. The molecule has 1 aliphatic carbocycles. The first-order chi connectivity index (χ1) is 9.59. The molecule has 1 fully saturated rings. The van der Waals surface area contributed by atoms with E-state index in [1.54, 1.807) is 24.3 Å². The molecule has 0 saturated heterocycles. The van der Waals surface area contributed by atoms with Gasteiger partial charge in [0.15, 0.2) is 0 Å². The van der Waals surface area contributed by atoms with Crippen molar-refractivity contribution in [2.24, 2.45) is 11.3 Å². The van der Waals surface area contributed by atoms with Crippen molar-refractivity contribution >= 4 is 5.97 Å². The number of ether oxygens (including phenoxy) is 1. The van der Waals surface area contributed by atoms with Crippen LogP contribution >= 0.6 is 0 Å². The van der Waals surface area contributed by atoms with Crippen LogP contribution in [0.4, 0.5) is 0 Å². The number of aliphatic hydroxyl groups excluding tert-OH is 1. The molecular weight excluding hydrogens is 252 g/mol. The second-order valence-electron chi connectivity index (χ2n) is 5.16. The number of aliphatic hydroxyl groups is 1. The largest absolute Gasteiger partial charge is 0.465 e. The van der Waals surface area contributed by atoms with Crippen LogP contribution in [0, 0.1) is 35.0 Å². The first kappa shape index (κ1) is 14.2. The highest BCUT2D eigenvalue weighted by atomic mass is 16.5. The molecule has 1 aromatic carbocycles. The van der Waals surface area contributed by atoms with E-state index in [4.69, 9.17) is 5.11 Å². The first-order valence-electron chi connectivity index (χ1n) is 6.40. The van der Waals surface area contributed by atoms with Crippen LogP contribution in [0.1, 0.15) is 29.3 Å². The minimum atomic E-state index is -0.360. The van der Waals surface area contributed by atoms with Crippen molar-refractivity contribution in [2.75, 3.05) is 13.7 Å². The molecule has 2 atom stereocenters. The van der Waals surface area contributed by atoms with E-state index in [0.29, 0.717) is 5.56 Å². The predicted octanol–water partition coefficient (Wildman–Crippen LogP) is 1.85. The van der Waals surface area contributed by atoms with E-state index in [1.165, 1.54) is 7.11 Å². The number of rotatable bonds is 2. The average Bonchev–Trinajstić information content (AvgIpc) is 3.15. The van der Waals surface area contributed by atoms with Gasteiger partial charge in [0.1, 0.15) is 0 Å². The molecule has 102 valence electrons. The second-order valence-corrected chi connectivity index (χ2v) is 5.16. The number of esters is 1. The van der Waals surface area contributed by atoms with E-state index in [0.717, 1.165) is 12.0 Å². The van der Waals surface area contributed by atoms with Crippen LogP contribution in [0.5, 0.6) is 0 Å². The molecule has 3 nitrogen and oxygen atoms in total. The van der Waals surface area contributed by atoms with Crippen LogP contribution in [0.15, 0.2) is 24.3 Å². The topological polar surface area (TPSA) is 46.5 Å². The molecule has 1 saturated carbocycles. The SMILES string of the molecule is COC(=O)c1ccc(C#CC#CC2CC2(C)CO)cc1. The third-order valence-electron chi connectivity index (χ3n) is 3.53. The van der Waals surface area contributed by atoms with E-state index in [1.807, 2.05) is 6.92 Å². The Morgan fingerprint density at radius 3 is 2.65 bits per heavy atom. The fraction of sp³-hybridized carbons (Fsp3) is 0.353. The molecule has 1 aliphatic rings. The van der Waals surface area contributed by atoms with E-state index in [9.17, 15) is 4.79 Å². The lowest BCUT2D eigenvalue weighted by Crippen LogP contribution is -2.02. The van der Waals surface area contributed by atoms with Crippen molar-refractivity contribution in [3.8, 4) is 23.7 Å². The van der Waals surface area contributed by atoms with E-state index in [-0.39, 0.29) is 23.9 Å². The summed E-state index contributed by atoms with van der Waals surface area (Å²) in [7, 11) is 1.35. The maximum atomic E-state index is 11.3. The van der Waals surface area contributed by atoms with Crippen molar-refractivity contribution in [1.29, 1.82) is 0 Å². The molecule has 0 radical (unpaired) electrons. The van der Waals surface area contributed by atoms with Gasteiger partial charge in [0, 0.05) is 23.5 Å². The summed E-state index contributed by atoms with van der Waals surface area (Å²) >= 11 is 0. The Hall–Kier alpha value is -2.23. The molecule has 20 heavy (non-hydrogen) atoms. The average molecular weight is 268 g/mol. The molecule has 1 aromatic rings. The summed E-state index contributed by atoms with van der Waals surface area (Å²) in [5.74, 6) is 11.5. The minimum absolute atomic E-state index is 0.0309. The second kappa shape index (κ2) is 5.82. The standard InChI is InChI=1S/C17H16O3/c1-17(12-18)11-15(17)6-4-3-5-13-7-9-14(10-8-13)16(19)20-2/h7-10,15,18H,11-12H2,1-2H3. The number of methoxy groups -OCH3 is 1. The first-order valence-corrected chi connectivity index (χ1v) is 6.40. The summed E-state index contributed by atoms with van der Waals surface area (Å²) < 4.78 is 4.62. The van der Waals surface area contributed by atoms with Gasteiger partial charge in [0.05, 0.1) is 12.7 Å². The lowest BCUT2D eigenvalue weighted by molar-refractivity contribution is 0.0600. The molecule has 0 aliphatic heterocycles. The van der Waals surface area contributed by atoms with Gasteiger partial charge in [-0.15, -0.1) is 0 Å². The maximum Gasteiger partial charge on any atom is 0.337 e. The highest BCUT2D eigenvalue weighted by Crippen LogP contribution is 2.51. The Morgan fingerprint density at radius 1 is 1.40 bits per heavy atom. The third kappa shape index (κ3) is 3.20. The highest BCUT2D eigenvalue weighted by molar-refractivity contribution is 5.89. The Kier molecular flexibility index (Phi) is 4.13. The van der Waals surface area contributed by atoms with Crippen LogP contribution in [0.3, 0.4) is 0 Å². The summed E-state index contributed by atoms with van der Waals surface area (Å²) in [6.07, 6.45) is 0.937. The lowest BCUT2D eigenvalue weighted by Gasteiger charge is -1.99. The third-order valence-corrected chi connectivity index (χ3v) is 3.53. The molecule has 2 unspecified atom stereocenters. The number of benzene rings is 1. The zero-order valence-electron chi connectivity index (χ0n) is 11.6. The van der Waals surface area contributed by atoms with Gasteiger partial charge < -0.3 is 9.84 Å². The van der Waals surface area contributed by atoms with Gasteiger partial charge in [-0.25, -0.2) is 4.79 Å². The zero-order valence-corrected chi connectivity index (χ0v) is 11.6. The Balaban J connectivity index is 1.97. The fourth-order valence-electron chi connectivity index (χ4n) is 1.84. The molecule has 0 amide bonds. The quantitative estimate of drug-likeness (QED) is 0.657. The molecule has 0 heterocycles. The van der Waals surface area contributed by atoms with Crippen molar-refractivity contribution in [3.05, 3.63) is 35.4 Å². The maximum absolute atomic E-state index is 11.3. The molecular formula is C17H16O3. The van der Waals surface area contributed by atoms with Crippen LogP contribution in [0.25, 0.3) is 0 Å². The van der Waals surface area contributed by atoms with E-state index in [2.05, 4.69) is 28.4 Å². The predicted molar refractivity (Wildman–Crippen MR) is 75.7 cm³/mol. The van der Waals surface area contributed by atoms with Crippen molar-refractivity contribution in [3.63, 3.8) is 0 Å². The number of hydrogen-bond acceptors (Lipinski definition) is 3. The van der Waals surface area contributed by atoms with Gasteiger partial charge in [0.2, 0.25) is 0 Å². The Bertz CT molecular complexity index is 622. The van der Waals surface area contributed by atoms with Gasteiger partial charge >= 0.3 is 5.97 Å². The van der Waals surface area contributed by atoms with Gasteiger partial charge in [-0.2, -0.15) is 0 Å². The number of hydrogen-bond donors (Lipinski definition) is 1. The van der Waals surface area contributed by atoms with Gasteiger partial charge in [0.25, 0.3) is 0 Å². The molecule has 0 spiro atoms. The Labute approximate surface area is 119 Å². The van der Waals surface area contributed by atoms with Gasteiger partial charge in [-0.05, 0) is 42.5 Å². The van der Waals surface area contributed by atoms with Crippen molar-refractivity contribution in [1.82, 2.24) is 0 Å². The zero-order chi connectivity index (χ0) is 14.6. The normalized spacial score (nSPS) is 22.9. The molecule has 2 rings (SSSR count). The molecule has 0 bridgehead atoms. The highest BCUT2D eigenvalue weighted by Gasteiger charge is 2.48. The van der Waals surface area contributed by atoms with Crippen LogP contribution in [-0.4, -0.2) is 24.8 Å². The summed E-state index contributed by atoms with van der Waals surface area (Å²) in [6, 6.07) is 6.87.